The number of methoxy groups -OCH3 is 1. The average Bonchev–Trinajstić information content (AvgIpc) is 2.70. The molecule has 0 saturated heterocycles. The molecule has 0 aliphatic heterocycles. The van der Waals surface area contributed by atoms with Crippen molar-refractivity contribution in [1.29, 1.82) is 0 Å². The third kappa shape index (κ3) is 4.02. The van der Waals surface area contributed by atoms with Gasteiger partial charge >= 0.3 is 0 Å². The van der Waals surface area contributed by atoms with E-state index in [1.54, 1.807) is 31.5 Å². The Labute approximate surface area is 95.8 Å². The van der Waals surface area contributed by atoms with E-state index < -0.39 is 0 Å². The van der Waals surface area contributed by atoms with Crippen LogP contribution in [-0.2, 0) is 16.1 Å². The molecule has 1 heterocycles. The molecule has 0 fully saturated rings. The molecule has 5 nitrogen and oxygen atoms in total. The van der Waals surface area contributed by atoms with Crippen molar-refractivity contribution < 1.29 is 9.53 Å². The van der Waals surface area contributed by atoms with Crippen molar-refractivity contribution in [3.05, 3.63) is 18.0 Å². The molecule has 1 atom stereocenters. The molecule has 0 aliphatic rings. The first-order valence-electron chi connectivity index (χ1n) is 5.34. The van der Waals surface area contributed by atoms with Crippen LogP contribution in [0.2, 0.25) is 0 Å². The lowest BCUT2D eigenvalue weighted by molar-refractivity contribution is -0.131. The van der Waals surface area contributed by atoms with Gasteiger partial charge in [-0.15, -0.1) is 0 Å². The Hall–Kier alpha value is -1.36. The molecule has 0 saturated carbocycles. The summed E-state index contributed by atoms with van der Waals surface area (Å²) >= 11 is 0. The lowest BCUT2D eigenvalue weighted by Crippen LogP contribution is -2.28. The lowest BCUT2D eigenvalue weighted by atomic mass is 10.1. The van der Waals surface area contributed by atoms with E-state index in [9.17, 15) is 4.79 Å². The van der Waals surface area contributed by atoms with Crippen LogP contribution in [0.3, 0.4) is 0 Å². The summed E-state index contributed by atoms with van der Waals surface area (Å²) in [5.74, 6) is 0.384. The number of hydrogen-bond acceptors (Lipinski definition) is 3. The molecule has 90 valence electrons. The summed E-state index contributed by atoms with van der Waals surface area (Å²) in [5.41, 5.74) is 1.01. The summed E-state index contributed by atoms with van der Waals surface area (Å²) in [6.07, 6.45) is 4.03. The highest BCUT2D eigenvalue weighted by Gasteiger charge is 2.13. The highest BCUT2D eigenvalue weighted by atomic mass is 16.5. The Morgan fingerprint density at radius 2 is 2.44 bits per heavy atom. The number of H-pyrrole nitrogens is 1. The number of ether oxygens (including phenoxy) is 1. The number of carbonyl (C=O) groups excluding carboxylic acids is 1. The van der Waals surface area contributed by atoms with E-state index in [0.717, 1.165) is 5.56 Å². The molecule has 0 spiro atoms. The zero-order valence-corrected chi connectivity index (χ0v) is 10.1. The van der Waals surface area contributed by atoms with Gasteiger partial charge in [-0.25, -0.2) is 0 Å². The number of hydrogen-bond donors (Lipinski definition) is 1. The van der Waals surface area contributed by atoms with Crippen LogP contribution in [0, 0.1) is 5.92 Å². The van der Waals surface area contributed by atoms with Crippen molar-refractivity contribution in [3.63, 3.8) is 0 Å². The predicted molar refractivity (Wildman–Crippen MR) is 60.7 cm³/mol. The van der Waals surface area contributed by atoms with E-state index in [0.29, 0.717) is 19.6 Å². The van der Waals surface area contributed by atoms with Gasteiger partial charge in [0.15, 0.2) is 0 Å². The maximum absolute atomic E-state index is 11.8. The molecule has 1 aromatic rings. The monoisotopic (exact) mass is 225 g/mol. The summed E-state index contributed by atoms with van der Waals surface area (Å²) in [6, 6.07) is 0. The molecule has 1 unspecified atom stereocenters. The fourth-order valence-corrected chi connectivity index (χ4v) is 1.52. The minimum atomic E-state index is 0.130. The first kappa shape index (κ1) is 12.7. The maximum atomic E-state index is 11.8. The van der Waals surface area contributed by atoms with Crippen molar-refractivity contribution in [2.75, 3.05) is 20.8 Å². The summed E-state index contributed by atoms with van der Waals surface area (Å²) in [5, 5.41) is 6.57. The zero-order valence-electron chi connectivity index (χ0n) is 10.1. The molecule has 1 aromatic heterocycles. The van der Waals surface area contributed by atoms with E-state index in [-0.39, 0.29) is 11.8 Å². The third-order valence-corrected chi connectivity index (χ3v) is 2.37. The van der Waals surface area contributed by atoms with Crippen LogP contribution in [0.15, 0.2) is 12.4 Å². The Morgan fingerprint density at radius 1 is 1.69 bits per heavy atom. The van der Waals surface area contributed by atoms with E-state index in [2.05, 4.69) is 10.2 Å². The molecule has 0 radical (unpaired) electrons. The Bertz CT molecular complexity index is 311. The van der Waals surface area contributed by atoms with Gasteiger partial charge in [-0.3, -0.25) is 9.89 Å². The van der Waals surface area contributed by atoms with Gasteiger partial charge in [-0.1, -0.05) is 6.92 Å². The minimum absolute atomic E-state index is 0.130. The van der Waals surface area contributed by atoms with Gasteiger partial charge in [0.25, 0.3) is 0 Å². The minimum Gasteiger partial charge on any atom is -0.384 e. The quantitative estimate of drug-likeness (QED) is 0.787. The van der Waals surface area contributed by atoms with Crippen LogP contribution in [-0.4, -0.2) is 41.8 Å². The standard InChI is InChI=1S/C11H19N3O2/c1-9(8-16-3)4-11(15)14(2)7-10-5-12-13-6-10/h5-6,9H,4,7-8H2,1-3H3,(H,12,13). The highest BCUT2D eigenvalue weighted by Crippen LogP contribution is 2.07. The summed E-state index contributed by atoms with van der Waals surface area (Å²) in [7, 11) is 3.45. The van der Waals surface area contributed by atoms with Crippen molar-refractivity contribution in [3.8, 4) is 0 Å². The third-order valence-electron chi connectivity index (χ3n) is 2.37. The van der Waals surface area contributed by atoms with Gasteiger partial charge in [0, 0.05) is 45.5 Å². The van der Waals surface area contributed by atoms with E-state index in [1.807, 2.05) is 6.92 Å². The molecular weight excluding hydrogens is 206 g/mol. The largest absolute Gasteiger partial charge is 0.384 e. The molecule has 0 aliphatic carbocycles. The number of amides is 1. The number of aromatic nitrogens is 2. The van der Waals surface area contributed by atoms with Gasteiger partial charge in [0.05, 0.1) is 6.20 Å². The second-order valence-corrected chi connectivity index (χ2v) is 4.12. The Morgan fingerprint density at radius 3 is 3.00 bits per heavy atom. The van der Waals surface area contributed by atoms with Crippen LogP contribution in [0.4, 0.5) is 0 Å². The van der Waals surface area contributed by atoms with Crippen molar-refractivity contribution in [1.82, 2.24) is 15.1 Å². The van der Waals surface area contributed by atoms with Crippen LogP contribution < -0.4 is 0 Å². The molecule has 1 amide bonds. The molecular formula is C11H19N3O2. The van der Waals surface area contributed by atoms with Gasteiger partial charge in [0.2, 0.25) is 5.91 Å². The van der Waals surface area contributed by atoms with E-state index in [1.165, 1.54) is 0 Å². The van der Waals surface area contributed by atoms with Crippen LogP contribution >= 0.6 is 0 Å². The van der Waals surface area contributed by atoms with Gasteiger partial charge < -0.3 is 9.64 Å². The number of aromatic amines is 1. The fraction of sp³-hybridized carbons (Fsp3) is 0.636. The highest BCUT2D eigenvalue weighted by molar-refractivity contribution is 5.76. The SMILES string of the molecule is COCC(C)CC(=O)N(C)Cc1cn[nH]c1. The fourth-order valence-electron chi connectivity index (χ4n) is 1.52. The lowest BCUT2D eigenvalue weighted by Gasteiger charge is -2.18. The van der Waals surface area contributed by atoms with E-state index in [4.69, 9.17) is 4.74 Å². The zero-order chi connectivity index (χ0) is 12.0. The predicted octanol–water partition coefficient (Wildman–Crippen LogP) is 1.04. The molecule has 5 heteroatoms. The van der Waals surface area contributed by atoms with Crippen LogP contribution in [0.5, 0.6) is 0 Å². The van der Waals surface area contributed by atoms with Crippen LogP contribution in [0.25, 0.3) is 0 Å². The van der Waals surface area contributed by atoms with Crippen molar-refractivity contribution in [2.24, 2.45) is 5.92 Å². The summed E-state index contributed by atoms with van der Waals surface area (Å²) in [4.78, 5) is 13.5. The topological polar surface area (TPSA) is 58.2 Å². The normalized spacial score (nSPS) is 12.4. The van der Waals surface area contributed by atoms with Gasteiger partial charge in [-0.05, 0) is 5.92 Å². The Balaban J connectivity index is 2.36. The number of nitrogens with zero attached hydrogens (tertiary/aromatic N) is 2. The van der Waals surface area contributed by atoms with Gasteiger partial charge in [0.1, 0.15) is 0 Å². The summed E-state index contributed by atoms with van der Waals surface area (Å²) < 4.78 is 5.00. The molecule has 0 aromatic carbocycles. The number of nitrogens with one attached hydrogen (secondary N) is 1. The first-order valence-corrected chi connectivity index (χ1v) is 5.34. The second kappa shape index (κ2) is 6.27. The van der Waals surface area contributed by atoms with E-state index >= 15 is 0 Å². The summed E-state index contributed by atoms with van der Waals surface area (Å²) in [6.45, 7) is 3.22. The molecule has 16 heavy (non-hydrogen) atoms. The van der Waals surface area contributed by atoms with Crippen molar-refractivity contribution >= 4 is 5.91 Å². The molecule has 1 N–H and O–H groups in total. The second-order valence-electron chi connectivity index (χ2n) is 4.12. The molecule has 0 bridgehead atoms. The first-order chi connectivity index (χ1) is 7.63. The number of carbonyl (C=O) groups is 1. The Kier molecular flexibility index (Phi) is 4.98. The average molecular weight is 225 g/mol. The van der Waals surface area contributed by atoms with Crippen LogP contribution in [0.1, 0.15) is 18.9 Å². The van der Waals surface area contributed by atoms with Gasteiger partial charge in [-0.2, -0.15) is 5.10 Å². The number of rotatable bonds is 6. The van der Waals surface area contributed by atoms with Crippen molar-refractivity contribution in [2.45, 2.75) is 19.9 Å². The smallest absolute Gasteiger partial charge is 0.222 e. The maximum Gasteiger partial charge on any atom is 0.222 e. The molecule has 1 rings (SSSR count).